The Morgan fingerprint density at radius 1 is 1.41 bits per heavy atom. The Labute approximate surface area is 133 Å². The van der Waals surface area contributed by atoms with E-state index in [1.807, 2.05) is 6.92 Å². The van der Waals surface area contributed by atoms with Gasteiger partial charge in [0, 0.05) is 11.9 Å². The van der Waals surface area contributed by atoms with Crippen molar-refractivity contribution in [3.63, 3.8) is 0 Å². The van der Waals surface area contributed by atoms with E-state index in [-0.39, 0.29) is 29.6 Å². The molecule has 1 fully saturated rings. The first-order chi connectivity index (χ1) is 10.0. The molecule has 1 aliphatic carbocycles. The summed E-state index contributed by atoms with van der Waals surface area (Å²) in [5.41, 5.74) is 5.32. The molecule has 6 nitrogen and oxygen atoms in total. The number of amides is 1. The number of nitrogens with zero attached hydrogens (tertiary/aromatic N) is 1. The summed E-state index contributed by atoms with van der Waals surface area (Å²) in [7, 11) is 0. The van der Waals surface area contributed by atoms with Crippen molar-refractivity contribution in [2.75, 3.05) is 6.54 Å². The van der Waals surface area contributed by atoms with Gasteiger partial charge in [-0.15, -0.1) is 12.4 Å². The number of nitrogens with two attached hydrogens (primary N) is 1. The van der Waals surface area contributed by atoms with E-state index in [1.54, 1.807) is 24.3 Å². The molecule has 1 aromatic heterocycles. The molecule has 0 aliphatic heterocycles. The lowest BCUT2D eigenvalue weighted by Crippen LogP contribution is -2.53. The fourth-order valence-electron chi connectivity index (χ4n) is 2.65. The molecule has 1 atom stereocenters. The molecule has 4 N–H and O–H groups in total. The quantitative estimate of drug-likeness (QED) is 0.787. The predicted octanol–water partition coefficient (Wildman–Crippen LogP) is 1.20. The van der Waals surface area contributed by atoms with Crippen molar-refractivity contribution >= 4 is 29.1 Å². The zero-order valence-corrected chi connectivity index (χ0v) is 13.1. The smallest absolute Gasteiger partial charge is 0.272 e. The Kier molecular flexibility index (Phi) is 4.53. The van der Waals surface area contributed by atoms with Gasteiger partial charge in [-0.2, -0.15) is 5.10 Å². The van der Waals surface area contributed by atoms with Crippen LogP contribution in [0.15, 0.2) is 29.1 Å². The standard InChI is InChI=1S/C15H18N4O2.ClH/c1-15(8-16,9-6-7-9)17-14(21)12-10-4-2-3-5-11(10)13(20)19-18-12;/h2-5,9H,6-8,16H2,1H3,(H,17,21)(H,19,20);1H. The molecule has 0 radical (unpaired) electrons. The highest BCUT2D eigenvalue weighted by Gasteiger charge is 2.42. The Morgan fingerprint density at radius 3 is 2.64 bits per heavy atom. The minimum atomic E-state index is -0.421. The van der Waals surface area contributed by atoms with E-state index in [9.17, 15) is 9.59 Å². The van der Waals surface area contributed by atoms with Crippen LogP contribution in [0.1, 0.15) is 30.3 Å². The normalized spacial score (nSPS) is 16.6. The average molecular weight is 323 g/mol. The lowest BCUT2D eigenvalue weighted by molar-refractivity contribution is 0.0893. The maximum Gasteiger partial charge on any atom is 0.272 e. The Bertz CT molecular complexity index is 757. The highest BCUT2D eigenvalue weighted by atomic mass is 35.5. The molecule has 0 saturated heterocycles. The molecule has 22 heavy (non-hydrogen) atoms. The third kappa shape index (κ3) is 2.84. The molecule has 0 bridgehead atoms. The fourth-order valence-corrected chi connectivity index (χ4v) is 2.65. The Balaban J connectivity index is 0.00000176. The van der Waals surface area contributed by atoms with Crippen molar-refractivity contribution in [2.45, 2.75) is 25.3 Å². The minimum Gasteiger partial charge on any atom is -0.344 e. The number of hydrogen-bond acceptors (Lipinski definition) is 4. The zero-order chi connectivity index (χ0) is 15.0. The van der Waals surface area contributed by atoms with Crippen molar-refractivity contribution in [2.24, 2.45) is 11.7 Å². The second-order valence-electron chi connectivity index (χ2n) is 5.80. The number of carbonyl (C=O) groups is 1. The number of carbonyl (C=O) groups excluding carboxylic acids is 1. The van der Waals surface area contributed by atoms with Crippen LogP contribution in [-0.2, 0) is 0 Å². The van der Waals surface area contributed by atoms with Gasteiger partial charge in [0.1, 0.15) is 0 Å². The van der Waals surface area contributed by atoms with E-state index in [1.165, 1.54) is 0 Å². The monoisotopic (exact) mass is 322 g/mol. The van der Waals surface area contributed by atoms with Crippen molar-refractivity contribution in [1.29, 1.82) is 0 Å². The lowest BCUT2D eigenvalue weighted by atomic mass is 9.95. The molecule has 118 valence electrons. The third-order valence-corrected chi connectivity index (χ3v) is 4.21. The SMILES string of the molecule is CC(CN)(NC(=O)c1n[nH]c(=O)c2ccccc12)C1CC1.Cl. The molecule has 1 amide bonds. The molecule has 1 saturated carbocycles. The molecule has 0 spiro atoms. The van der Waals surface area contributed by atoms with Crippen molar-refractivity contribution in [1.82, 2.24) is 15.5 Å². The zero-order valence-electron chi connectivity index (χ0n) is 12.3. The number of H-pyrrole nitrogens is 1. The van der Waals surface area contributed by atoms with Crippen LogP contribution in [0.3, 0.4) is 0 Å². The van der Waals surface area contributed by atoms with Crippen LogP contribution in [0.5, 0.6) is 0 Å². The average Bonchev–Trinajstić information content (AvgIpc) is 3.32. The summed E-state index contributed by atoms with van der Waals surface area (Å²) in [5.74, 6) is 0.114. The minimum absolute atomic E-state index is 0. The summed E-state index contributed by atoms with van der Waals surface area (Å²) >= 11 is 0. The molecule has 1 unspecified atom stereocenters. The third-order valence-electron chi connectivity index (χ3n) is 4.21. The first kappa shape index (κ1) is 16.5. The first-order valence-electron chi connectivity index (χ1n) is 7.05. The summed E-state index contributed by atoms with van der Waals surface area (Å²) in [4.78, 5) is 24.3. The fraction of sp³-hybridized carbons (Fsp3) is 0.400. The first-order valence-corrected chi connectivity index (χ1v) is 7.05. The molecule has 1 aromatic carbocycles. The summed E-state index contributed by atoms with van der Waals surface area (Å²) in [5, 5.41) is 10.3. The molecule has 7 heteroatoms. The van der Waals surface area contributed by atoms with Gasteiger partial charge < -0.3 is 11.1 Å². The van der Waals surface area contributed by atoms with Gasteiger partial charge in [0.05, 0.1) is 10.9 Å². The maximum atomic E-state index is 12.5. The van der Waals surface area contributed by atoms with Crippen LogP contribution in [-0.4, -0.2) is 28.2 Å². The highest BCUT2D eigenvalue weighted by Crippen LogP contribution is 2.39. The second-order valence-corrected chi connectivity index (χ2v) is 5.80. The topological polar surface area (TPSA) is 101 Å². The van der Waals surface area contributed by atoms with Crippen LogP contribution >= 0.6 is 12.4 Å². The van der Waals surface area contributed by atoms with Crippen molar-refractivity contribution in [3.8, 4) is 0 Å². The van der Waals surface area contributed by atoms with E-state index in [0.29, 0.717) is 23.2 Å². The number of aromatic nitrogens is 2. The van der Waals surface area contributed by atoms with Gasteiger partial charge in [0.15, 0.2) is 5.69 Å². The molecular weight excluding hydrogens is 304 g/mol. The van der Waals surface area contributed by atoms with E-state index in [0.717, 1.165) is 12.8 Å². The number of hydrogen-bond donors (Lipinski definition) is 3. The lowest BCUT2D eigenvalue weighted by Gasteiger charge is -2.29. The van der Waals surface area contributed by atoms with Gasteiger partial charge in [-0.05, 0) is 31.7 Å². The van der Waals surface area contributed by atoms with Gasteiger partial charge in [0.2, 0.25) is 0 Å². The van der Waals surface area contributed by atoms with Gasteiger partial charge in [-0.3, -0.25) is 9.59 Å². The van der Waals surface area contributed by atoms with E-state index in [2.05, 4.69) is 15.5 Å². The Hall–Kier alpha value is -1.92. The molecule has 1 heterocycles. The van der Waals surface area contributed by atoms with Gasteiger partial charge in [-0.1, -0.05) is 18.2 Å². The number of rotatable bonds is 4. The number of halogens is 1. The molecule has 2 aromatic rings. The van der Waals surface area contributed by atoms with Crippen LogP contribution in [0.4, 0.5) is 0 Å². The predicted molar refractivity (Wildman–Crippen MR) is 87.3 cm³/mol. The summed E-state index contributed by atoms with van der Waals surface area (Å²) < 4.78 is 0. The molecular formula is C15H19ClN4O2. The maximum absolute atomic E-state index is 12.5. The summed E-state index contributed by atoms with van der Waals surface area (Å²) in [6.07, 6.45) is 2.15. The molecule has 1 aliphatic rings. The highest BCUT2D eigenvalue weighted by molar-refractivity contribution is 6.05. The largest absolute Gasteiger partial charge is 0.344 e. The van der Waals surface area contributed by atoms with E-state index < -0.39 is 5.54 Å². The van der Waals surface area contributed by atoms with Crippen LogP contribution < -0.4 is 16.6 Å². The number of fused-ring (bicyclic) bond motifs is 1. The second kappa shape index (κ2) is 6.06. The van der Waals surface area contributed by atoms with E-state index >= 15 is 0 Å². The van der Waals surface area contributed by atoms with Gasteiger partial charge in [-0.25, -0.2) is 5.10 Å². The van der Waals surface area contributed by atoms with Crippen LogP contribution in [0.2, 0.25) is 0 Å². The number of benzene rings is 1. The number of aromatic amines is 1. The molecule has 3 rings (SSSR count). The van der Waals surface area contributed by atoms with Crippen LogP contribution in [0.25, 0.3) is 10.8 Å². The Morgan fingerprint density at radius 2 is 2.05 bits per heavy atom. The van der Waals surface area contributed by atoms with Crippen LogP contribution in [0, 0.1) is 5.92 Å². The van der Waals surface area contributed by atoms with E-state index in [4.69, 9.17) is 5.73 Å². The summed E-state index contributed by atoms with van der Waals surface area (Å²) in [6.45, 7) is 2.33. The van der Waals surface area contributed by atoms with Gasteiger partial charge >= 0.3 is 0 Å². The summed E-state index contributed by atoms with van der Waals surface area (Å²) in [6, 6.07) is 6.94. The van der Waals surface area contributed by atoms with Gasteiger partial charge in [0.25, 0.3) is 11.5 Å². The number of nitrogens with one attached hydrogen (secondary N) is 2. The van der Waals surface area contributed by atoms with Crippen molar-refractivity contribution < 1.29 is 4.79 Å². The van der Waals surface area contributed by atoms with Crippen molar-refractivity contribution in [3.05, 3.63) is 40.3 Å².